The molecular formula is C8H6BrFO. The summed E-state index contributed by atoms with van der Waals surface area (Å²) >= 11 is 3.17. The first-order chi connectivity index (χ1) is 5.29. The largest absolute Gasteiger partial charge is 0.368 e. The lowest BCUT2D eigenvalue weighted by molar-refractivity contribution is 0.414. The van der Waals surface area contributed by atoms with Crippen molar-refractivity contribution in [3.63, 3.8) is 0 Å². The maximum absolute atomic E-state index is 12.9. The van der Waals surface area contributed by atoms with Gasteiger partial charge in [-0.3, -0.25) is 0 Å². The van der Waals surface area contributed by atoms with Crippen LogP contribution in [0.1, 0.15) is 11.7 Å². The molecule has 1 fully saturated rings. The maximum atomic E-state index is 12.9. The van der Waals surface area contributed by atoms with Crippen molar-refractivity contribution < 1.29 is 9.13 Å². The van der Waals surface area contributed by atoms with Crippen LogP contribution >= 0.6 is 15.9 Å². The number of benzene rings is 1. The Hall–Kier alpha value is -0.410. The molecule has 11 heavy (non-hydrogen) atoms. The van der Waals surface area contributed by atoms with Gasteiger partial charge in [-0.25, -0.2) is 4.39 Å². The minimum absolute atomic E-state index is 0.111. The summed E-state index contributed by atoms with van der Waals surface area (Å²) in [5.41, 5.74) is 0.907. The molecule has 1 aliphatic heterocycles. The van der Waals surface area contributed by atoms with Crippen molar-refractivity contribution in [2.75, 3.05) is 6.61 Å². The van der Waals surface area contributed by atoms with E-state index in [1.165, 1.54) is 6.07 Å². The highest BCUT2D eigenvalue weighted by Gasteiger charge is 2.27. The van der Waals surface area contributed by atoms with Crippen LogP contribution < -0.4 is 0 Å². The van der Waals surface area contributed by atoms with Crippen LogP contribution in [0.15, 0.2) is 22.7 Å². The molecule has 1 nitrogen and oxygen atoms in total. The molecule has 0 N–H and O–H groups in total. The van der Waals surface area contributed by atoms with Crippen LogP contribution in [0, 0.1) is 5.82 Å². The SMILES string of the molecule is Fc1cccc([C@H]2CO2)c1Br. The highest BCUT2D eigenvalue weighted by Crippen LogP contribution is 2.35. The molecule has 0 amide bonds. The summed E-state index contributed by atoms with van der Waals surface area (Å²) in [4.78, 5) is 0. The Balaban J connectivity index is 2.45. The third-order valence-corrected chi connectivity index (χ3v) is 2.50. The number of ether oxygens (including phenoxy) is 1. The first-order valence-corrected chi connectivity index (χ1v) is 4.14. The Morgan fingerprint density at radius 2 is 2.27 bits per heavy atom. The second-order valence-electron chi connectivity index (χ2n) is 2.47. The summed E-state index contributed by atoms with van der Waals surface area (Å²) in [5, 5.41) is 0. The van der Waals surface area contributed by atoms with Crippen LogP contribution in [0.2, 0.25) is 0 Å². The molecule has 0 bridgehead atoms. The van der Waals surface area contributed by atoms with Crippen LogP contribution in [-0.2, 0) is 4.74 Å². The minimum Gasteiger partial charge on any atom is -0.368 e. The molecular weight excluding hydrogens is 211 g/mol. The lowest BCUT2D eigenvalue weighted by Crippen LogP contribution is -1.85. The van der Waals surface area contributed by atoms with Crippen molar-refractivity contribution >= 4 is 15.9 Å². The average molecular weight is 217 g/mol. The molecule has 58 valence electrons. The zero-order valence-corrected chi connectivity index (χ0v) is 7.27. The minimum atomic E-state index is -0.224. The second-order valence-corrected chi connectivity index (χ2v) is 3.26. The average Bonchev–Trinajstić information content (AvgIpc) is 2.77. The molecule has 0 spiro atoms. The van der Waals surface area contributed by atoms with E-state index in [9.17, 15) is 4.39 Å². The van der Waals surface area contributed by atoms with E-state index in [-0.39, 0.29) is 11.9 Å². The van der Waals surface area contributed by atoms with E-state index in [1.807, 2.05) is 6.07 Å². The van der Waals surface area contributed by atoms with Crippen LogP contribution in [0.25, 0.3) is 0 Å². The van der Waals surface area contributed by atoms with E-state index in [1.54, 1.807) is 6.07 Å². The van der Waals surface area contributed by atoms with Crippen LogP contribution in [0.3, 0.4) is 0 Å². The summed E-state index contributed by atoms with van der Waals surface area (Å²) < 4.78 is 18.4. The summed E-state index contributed by atoms with van der Waals surface area (Å²) in [6.07, 6.45) is 0.111. The van der Waals surface area contributed by atoms with Crippen molar-refractivity contribution in [3.05, 3.63) is 34.1 Å². The van der Waals surface area contributed by atoms with Crippen molar-refractivity contribution in [1.82, 2.24) is 0 Å². The highest BCUT2D eigenvalue weighted by molar-refractivity contribution is 9.10. The normalized spacial score (nSPS) is 21.8. The molecule has 0 aliphatic carbocycles. The second kappa shape index (κ2) is 2.57. The molecule has 2 rings (SSSR count). The third kappa shape index (κ3) is 1.30. The summed E-state index contributed by atoms with van der Waals surface area (Å²) in [6.45, 7) is 0.710. The van der Waals surface area contributed by atoms with Gasteiger partial charge in [-0.15, -0.1) is 0 Å². The van der Waals surface area contributed by atoms with Crippen LogP contribution in [0.4, 0.5) is 4.39 Å². The van der Waals surface area contributed by atoms with Gasteiger partial charge in [0.1, 0.15) is 11.9 Å². The lowest BCUT2D eigenvalue weighted by atomic mass is 10.2. The van der Waals surface area contributed by atoms with Crippen molar-refractivity contribution in [1.29, 1.82) is 0 Å². The fourth-order valence-electron chi connectivity index (χ4n) is 0.997. The molecule has 1 aromatic rings. The number of epoxide rings is 1. The van der Waals surface area contributed by atoms with E-state index >= 15 is 0 Å². The fraction of sp³-hybridized carbons (Fsp3) is 0.250. The predicted molar refractivity (Wildman–Crippen MR) is 42.8 cm³/mol. The van der Waals surface area contributed by atoms with Gasteiger partial charge in [0.25, 0.3) is 0 Å². The topological polar surface area (TPSA) is 12.5 Å². The highest BCUT2D eigenvalue weighted by atomic mass is 79.9. The molecule has 3 heteroatoms. The predicted octanol–water partition coefficient (Wildman–Crippen LogP) is 2.66. The van der Waals surface area contributed by atoms with Gasteiger partial charge in [0.15, 0.2) is 0 Å². The van der Waals surface area contributed by atoms with Gasteiger partial charge in [-0.05, 0) is 22.0 Å². The number of hydrogen-bond acceptors (Lipinski definition) is 1. The molecule has 0 saturated carbocycles. The Bertz CT molecular complexity index is 283. The van der Waals surface area contributed by atoms with Crippen molar-refractivity contribution in [2.45, 2.75) is 6.10 Å². The van der Waals surface area contributed by atoms with Crippen LogP contribution in [-0.4, -0.2) is 6.61 Å². The number of hydrogen-bond donors (Lipinski definition) is 0. The van der Waals surface area contributed by atoms with Gasteiger partial charge in [0.05, 0.1) is 11.1 Å². The van der Waals surface area contributed by atoms with Gasteiger partial charge in [-0.1, -0.05) is 12.1 Å². The van der Waals surface area contributed by atoms with E-state index < -0.39 is 0 Å². The lowest BCUT2D eigenvalue weighted by Gasteiger charge is -1.99. The van der Waals surface area contributed by atoms with Gasteiger partial charge in [-0.2, -0.15) is 0 Å². The molecule has 1 atom stereocenters. The summed E-state index contributed by atoms with van der Waals surface area (Å²) in [6, 6.07) is 4.98. The molecule has 0 aromatic heterocycles. The van der Waals surface area contributed by atoms with Crippen molar-refractivity contribution in [3.8, 4) is 0 Å². The maximum Gasteiger partial charge on any atom is 0.137 e. The Kier molecular flexibility index (Phi) is 1.69. The molecule has 1 aromatic carbocycles. The van der Waals surface area contributed by atoms with Crippen LogP contribution in [0.5, 0.6) is 0 Å². The summed E-state index contributed by atoms with van der Waals surface area (Å²) in [7, 11) is 0. The van der Waals surface area contributed by atoms with E-state index in [0.29, 0.717) is 11.1 Å². The molecule has 1 heterocycles. The number of halogens is 2. The quantitative estimate of drug-likeness (QED) is 0.658. The first-order valence-electron chi connectivity index (χ1n) is 3.34. The molecule has 0 unspecified atom stereocenters. The Morgan fingerprint density at radius 3 is 2.91 bits per heavy atom. The zero-order valence-electron chi connectivity index (χ0n) is 5.68. The van der Waals surface area contributed by atoms with Gasteiger partial charge < -0.3 is 4.74 Å². The van der Waals surface area contributed by atoms with Gasteiger partial charge in [0, 0.05) is 5.56 Å². The molecule has 0 radical (unpaired) electrons. The Morgan fingerprint density at radius 1 is 1.55 bits per heavy atom. The van der Waals surface area contributed by atoms with E-state index in [4.69, 9.17) is 4.74 Å². The standard InChI is InChI=1S/C8H6BrFO/c9-8-5(7-4-11-7)2-1-3-6(8)10/h1-3,7H,4H2/t7-/m1/s1. The zero-order chi connectivity index (χ0) is 7.84. The smallest absolute Gasteiger partial charge is 0.137 e. The Labute approximate surface area is 72.3 Å². The monoisotopic (exact) mass is 216 g/mol. The van der Waals surface area contributed by atoms with Gasteiger partial charge >= 0.3 is 0 Å². The molecule has 1 saturated heterocycles. The third-order valence-electron chi connectivity index (χ3n) is 1.66. The van der Waals surface area contributed by atoms with Crippen molar-refractivity contribution in [2.24, 2.45) is 0 Å². The number of rotatable bonds is 1. The van der Waals surface area contributed by atoms with Gasteiger partial charge in [0.2, 0.25) is 0 Å². The van der Waals surface area contributed by atoms with E-state index in [0.717, 1.165) is 5.56 Å². The molecule has 1 aliphatic rings. The summed E-state index contributed by atoms with van der Waals surface area (Å²) in [5.74, 6) is -0.224. The first kappa shape index (κ1) is 7.25. The van der Waals surface area contributed by atoms with E-state index in [2.05, 4.69) is 15.9 Å². The fourth-order valence-corrected chi connectivity index (χ4v) is 1.52.